The molecule has 2 aromatic rings. The average Bonchev–Trinajstić information content (AvgIpc) is 3.13. The fraction of sp³-hybridized carbons (Fsp3) is 0.529. The van der Waals surface area contributed by atoms with Crippen LogP contribution in [0.25, 0.3) is 10.1 Å². The Hall–Kier alpha value is -0.860. The van der Waals surface area contributed by atoms with Crippen molar-refractivity contribution in [2.45, 2.75) is 38.1 Å². The molecule has 19 heavy (non-hydrogen) atoms. The Balaban J connectivity index is 1.55. The summed E-state index contributed by atoms with van der Waals surface area (Å²) in [5.41, 5.74) is 7.90. The molecule has 2 N–H and O–H groups in total. The second kappa shape index (κ2) is 4.60. The zero-order valence-electron chi connectivity index (χ0n) is 11.2. The molecule has 1 nitrogen and oxygen atoms in total. The van der Waals surface area contributed by atoms with Crippen molar-refractivity contribution in [2.24, 2.45) is 23.5 Å². The van der Waals surface area contributed by atoms with Crippen LogP contribution in [0, 0.1) is 17.8 Å². The lowest BCUT2D eigenvalue weighted by Crippen LogP contribution is -2.19. The SMILES string of the molecule is NC(CC1CC2CCC1C2)c1csc2ccccc12. The highest BCUT2D eigenvalue weighted by molar-refractivity contribution is 7.17. The lowest BCUT2D eigenvalue weighted by Gasteiger charge is -2.24. The molecule has 0 aliphatic heterocycles. The number of nitrogens with two attached hydrogens (primary N) is 1. The molecule has 100 valence electrons. The summed E-state index contributed by atoms with van der Waals surface area (Å²) in [6, 6.07) is 8.91. The van der Waals surface area contributed by atoms with Crippen molar-refractivity contribution in [1.82, 2.24) is 0 Å². The van der Waals surface area contributed by atoms with Gasteiger partial charge in [-0.3, -0.25) is 0 Å². The summed E-state index contributed by atoms with van der Waals surface area (Å²) < 4.78 is 1.38. The predicted molar refractivity (Wildman–Crippen MR) is 82.3 cm³/mol. The summed E-state index contributed by atoms with van der Waals surface area (Å²) >= 11 is 1.84. The summed E-state index contributed by atoms with van der Waals surface area (Å²) in [4.78, 5) is 0. The van der Waals surface area contributed by atoms with Crippen LogP contribution in [0.15, 0.2) is 29.6 Å². The molecule has 0 spiro atoms. The van der Waals surface area contributed by atoms with Crippen molar-refractivity contribution in [3.05, 3.63) is 35.2 Å². The Labute approximate surface area is 118 Å². The molecule has 4 unspecified atom stereocenters. The molecule has 2 saturated carbocycles. The van der Waals surface area contributed by atoms with Crippen molar-refractivity contribution in [2.75, 3.05) is 0 Å². The third-order valence-electron chi connectivity index (χ3n) is 5.35. The van der Waals surface area contributed by atoms with Gasteiger partial charge < -0.3 is 5.73 Å². The quantitative estimate of drug-likeness (QED) is 0.858. The van der Waals surface area contributed by atoms with Gasteiger partial charge in [0.25, 0.3) is 0 Å². The smallest absolute Gasteiger partial charge is 0.0346 e. The molecule has 0 radical (unpaired) electrons. The summed E-state index contributed by atoms with van der Waals surface area (Å²) in [5.74, 6) is 2.91. The predicted octanol–water partition coefficient (Wildman–Crippen LogP) is 4.73. The first-order valence-corrected chi connectivity index (χ1v) is 8.41. The Morgan fingerprint density at radius 1 is 1.21 bits per heavy atom. The molecule has 2 aliphatic rings. The number of rotatable bonds is 3. The maximum Gasteiger partial charge on any atom is 0.0346 e. The number of hydrogen-bond acceptors (Lipinski definition) is 2. The molecule has 0 amide bonds. The molecule has 1 aromatic heterocycles. The topological polar surface area (TPSA) is 26.0 Å². The van der Waals surface area contributed by atoms with Gasteiger partial charge in [-0.05, 0) is 65.8 Å². The molecule has 4 rings (SSSR count). The van der Waals surface area contributed by atoms with E-state index in [0.717, 1.165) is 17.8 Å². The highest BCUT2D eigenvalue weighted by atomic mass is 32.1. The molecule has 2 heteroatoms. The van der Waals surface area contributed by atoms with Gasteiger partial charge in [-0.15, -0.1) is 11.3 Å². The van der Waals surface area contributed by atoms with Crippen LogP contribution in [0.1, 0.15) is 43.7 Å². The van der Waals surface area contributed by atoms with Crippen molar-refractivity contribution < 1.29 is 0 Å². The number of hydrogen-bond donors (Lipinski definition) is 1. The lowest BCUT2D eigenvalue weighted by atomic mass is 9.83. The van der Waals surface area contributed by atoms with E-state index in [0.29, 0.717) is 0 Å². The van der Waals surface area contributed by atoms with Gasteiger partial charge in [0.2, 0.25) is 0 Å². The van der Waals surface area contributed by atoms with Crippen molar-refractivity contribution in [1.29, 1.82) is 0 Å². The second-order valence-corrected chi connectivity index (χ2v) is 7.38. The van der Waals surface area contributed by atoms with Gasteiger partial charge in [0.05, 0.1) is 0 Å². The van der Waals surface area contributed by atoms with Crippen molar-refractivity contribution in [3.8, 4) is 0 Å². The monoisotopic (exact) mass is 271 g/mol. The van der Waals surface area contributed by atoms with E-state index >= 15 is 0 Å². The van der Waals surface area contributed by atoms with Crippen molar-refractivity contribution >= 4 is 21.4 Å². The maximum atomic E-state index is 6.52. The van der Waals surface area contributed by atoms with Gasteiger partial charge in [0.1, 0.15) is 0 Å². The third kappa shape index (κ3) is 2.02. The third-order valence-corrected chi connectivity index (χ3v) is 6.33. The number of fused-ring (bicyclic) bond motifs is 3. The molecule has 2 fully saturated rings. The van der Waals surface area contributed by atoms with Crippen LogP contribution in [0.5, 0.6) is 0 Å². The lowest BCUT2D eigenvalue weighted by molar-refractivity contribution is 0.296. The molecule has 4 atom stereocenters. The molecule has 1 heterocycles. The fourth-order valence-electron chi connectivity index (χ4n) is 4.40. The van der Waals surface area contributed by atoms with E-state index in [1.54, 1.807) is 0 Å². The maximum absolute atomic E-state index is 6.52. The summed E-state index contributed by atoms with van der Waals surface area (Å²) in [6.45, 7) is 0. The van der Waals surface area contributed by atoms with E-state index < -0.39 is 0 Å². The molecule has 0 saturated heterocycles. The zero-order valence-corrected chi connectivity index (χ0v) is 12.0. The van der Waals surface area contributed by atoms with Gasteiger partial charge >= 0.3 is 0 Å². The van der Waals surface area contributed by atoms with E-state index in [1.165, 1.54) is 47.8 Å². The first-order valence-electron chi connectivity index (χ1n) is 7.53. The van der Waals surface area contributed by atoms with E-state index in [1.807, 2.05) is 11.3 Å². The van der Waals surface area contributed by atoms with Crippen LogP contribution in [0.4, 0.5) is 0 Å². The van der Waals surface area contributed by atoms with Crippen LogP contribution in [-0.4, -0.2) is 0 Å². The van der Waals surface area contributed by atoms with E-state index in [2.05, 4.69) is 29.6 Å². The Morgan fingerprint density at radius 2 is 2.11 bits per heavy atom. The van der Waals surface area contributed by atoms with Crippen LogP contribution in [0.3, 0.4) is 0 Å². The van der Waals surface area contributed by atoms with Crippen LogP contribution in [-0.2, 0) is 0 Å². The van der Waals surface area contributed by atoms with Crippen molar-refractivity contribution in [3.63, 3.8) is 0 Å². The van der Waals surface area contributed by atoms with Gasteiger partial charge in [-0.2, -0.15) is 0 Å². The molecule has 2 aliphatic carbocycles. The Bertz CT molecular complexity index is 588. The minimum Gasteiger partial charge on any atom is -0.324 e. The Morgan fingerprint density at radius 3 is 2.89 bits per heavy atom. The summed E-state index contributed by atoms with van der Waals surface area (Å²) in [5, 5.41) is 3.66. The highest BCUT2D eigenvalue weighted by Crippen LogP contribution is 2.51. The molecular formula is C17H21NS. The van der Waals surface area contributed by atoms with Gasteiger partial charge in [-0.25, -0.2) is 0 Å². The Kier molecular flexibility index (Phi) is 2.89. The molecule has 2 bridgehead atoms. The average molecular weight is 271 g/mol. The zero-order chi connectivity index (χ0) is 12.8. The fourth-order valence-corrected chi connectivity index (χ4v) is 5.43. The van der Waals surface area contributed by atoms with E-state index in [9.17, 15) is 0 Å². The molecule has 1 aromatic carbocycles. The van der Waals surface area contributed by atoms with Crippen LogP contribution >= 0.6 is 11.3 Å². The minimum absolute atomic E-state index is 0.237. The van der Waals surface area contributed by atoms with Crippen LogP contribution in [0.2, 0.25) is 0 Å². The van der Waals surface area contributed by atoms with Crippen LogP contribution < -0.4 is 5.73 Å². The largest absolute Gasteiger partial charge is 0.324 e. The van der Waals surface area contributed by atoms with E-state index in [-0.39, 0.29) is 6.04 Å². The molecular weight excluding hydrogens is 250 g/mol. The van der Waals surface area contributed by atoms with E-state index in [4.69, 9.17) is 5.73 Å². The number of thiophene rings is 1. The number of benzene rings is 1. The van der Waals surface area contributed by atoms with Gasteiger partial charge in [-0.1, -0.05) is 24.6 Å². The normalized spacial score (nSPS) is 31.1. The van der Waals surface area contributed by atoms with Gasteiger partial charge in [0, 0.05) is 10.7 Å². The second-order valence-electron chi connectivity index (χ2n) is 6.46. The summed E-state index contributed by atoms with van der Waals surface area (Å²) in [7, 11) is 0. The minimum atomic E-state index is 0.237. The highest BCUT2D eigenvalue weighted by Gasteiger charge is 2.39. The first kappa shape index (κ1) is 11.9. The standard InChI is InChI=1S/C17H21NS/c18-16(9-13-8-11-5-6-12(13)7-11)15-10-19-17-4-2-1-3-14(15)17/h1-4,10-13,16H,5-9,18H2. The first-order chi connectivity index (χ1) is 9.31. The van der Waals surface area contributed by atoms with Gasteiger partial charge in [0.15, 0.2) is 0 Å². The summed E-state index contributed by atoms with van der Waals surface area (Å²) in [6.07, 6.45) is 7.08.